The first kappa shape index (κ1) is 18.7. The van der Waals surface area contributed by atoms with E-state index in [0.717, 1.165) is 17.1 Å². The molecule has 1 aliphatic heterocycles. The molecule has 3 heterocycles. The molecule has 10 heteroatoms. The fourth-order valence-corrected chi connectivity index (χ4v) is 3.27. The average Bonchev–Trinajstić information content (AvgIpc) is 3.40. The highest BCUT2D eigenvalue weighted by molar-refractivity contribution is 5.94. The largest absolute Gasteiger partial charge is 0.346 e. The maximum atomic E-state index is 12.6. The number of fused-ring (bicyclic) bond motifs is 1. The lowest BCUT2D eigenvalue weighted by Gasteiger charge is -2.29. The number of nitrogens with one attached hydrogen (secondary N) is 1. The SMILES string of the molecule is CN(C)C(=O)N1CCn2nc(CNC(=O)c3cccc(-n4cnnc4)c3)cc2C1. The molecule has 3 aromatic rings. The third kappa shape index (κ3) is 3.96. The molecule has 29 heavy (non-hydrogen) atoms. The molecule has 0 radical (unpaired) electrons. The van der Waals surface area contributed by atoms with Gasteiger partial charge in [-0.05, 0) is 24.3 Å². The zero-order chi connectivity index (χ0) is 20.4. The molecular weight excluding hydrogens is 372 g/mol. The van der Waals surface area contributed by atoms with Crippen LogP contribution in [0.1, 0.15) is 21.7 Å². The summed E-state index contributed by atoms with van der Waals surface area (Å²) in [4.78, 5) is 28.1. The van der Waals surface area contributed by atoms with Gasteiger partial charge in [-0.3, -0.25) is 14.0 Å². The Kier molecular flexibility index (Phi) is 4.98. The van der Waals surface area contributed by atoms with E-state index < -0.39 is 0 Å². The van der Waals surface area contributed by atoms with Crippen molar-refractivity contribution in [3.8, 4) is 5.69 Å². The first-order valence-electron chi connectivity index (χ1n) is 9.26. The van der Waals surface area contributed by atoms with Gasteiger partial charge in [0.05, 0.1) is 31.0 Å². The Balaban J connectivity index is 1.40. The highest BCUT2D eigenvalue weighted by Gasteiger charge is 2.23. The fraction of sp³-hybridized carbons (Fsp3) is 0.316. The number of carbonyl (C=O) groups excluding carboxylic acids is 2. The maximum Gasteiger partial charge on any atom is 0.319 e. The monoisotopic (exact) mass is 394 g/mol. The van der Waals surface area contributed by atoms with Crippen molar-refractivity contribution in [1.29, 1.82) is 0 Å². The zero-order valence-electron chi connectivity index (χ0n) is 16.3. The number of carbonyl (C=O) groups is 2. The molecule has 0 atom stereocenters. The van der Waals surface area contributed by atoms with E-state index in [1.165, 1.54) is 0 Å². The summed E-state index contributed by atoms with van der Waals surface area (Å²) in [5.41, 5.74) is 3.08. The van der Waals surface area contributed by atoms with Crippen LogP contribution in [0.15, 0.2) is 43.0 Å². The van der Waals surface area contributed by atoms with Gasteiger partial charge in [0.1, 0.15) is 12.7 Å². The Morgan fingerprint density at radius 2 is 1.93 bits per heavy atom. The molecule has 150 valence electrons. The van der Waals surface area contributed by atoms with E-state index in [9.17, 15) is 9.59 Å². The zero-order valence-corrected chi connectivity index (χ0v) is 16.3. The molecule has 2 aromatic heterocycles. The topological polar surface area (TPSA) is 101 Å². The summed E-state index contributed by atoms with van der Waals surface area (Å²) in [5.74, 6) is -0.185. The van der Waals surface area contributed by atoms with Crippen molar-refractivity contribution in [2.75, 3.05) is 20.6 Å². The summed E-state index contributed by atoms with van der Waals surface area (Å²) in [5, 5.41) is 15.0. The van der Waals surface area contributed by atoms with Gasteiger partial charge in [-0.1, -0.05) is 6.07 Å². The first-order valence-corrected chi connectivity index (χ1v) is 9.26. The summed E-state index contributed by atoms with van der Waals surface area (Å²) in [6.07, 6.45) is 3.16. The summed E-state index contributed by atoms with van der Waals surface area (Å²) in [7, 11) is 3.49. The van der Waals surface area contributed by atoms with E-state index >= 15 is 0 Å². The van der Waals surface area contributed by atoms with E-state index in [-0.39, 0.29) is 11.9 Å². The molecule has 3 amide bonds. The summed E-state index contributed by atoms with van der Waals surface area (Å²) >= 11 is 0. The first-order chi connectivity index (χ1) is 14.0. The van der Waals surface area contributed by atoms with Crippen molar-refractivity contribution in [2.45, 2.75) is 19.6 Å². The number of hydrogen-bond acceptors (Lipinski definition) is 5. The highest BCUT2D eigenvalue weighted by atomic mass is 16.2. The van der Waals surface area contributed by atoms with E-state index in [2.05, 4.69) is 20.6 Å². The number of aromatic nitrogens is 5. The molecule has 0 saturated heterocycles. The van der Waals surface area contributed by atoms with Gasteiger partial charge in [0.15, 0.2) is 0 Å². The predicted molar refractivity (Wildman–Crippen MR) is 104 cm³/mol. The van der Waals surface area contributed by atoms with Gasteiger partial charge < -0.3 is 15.1 Å². The minimum atomic E-state index is -0.185. The van der Waals surface area contributed by atoms with Crippen LogP contribution >= 0.6 is 0 Å². The number of benzene rings is 1. The quantitative estimate of drug-likeness (QED) is 0.708. The maximum absolute atomic E-state index is 12.6. The molecular formula is C19H22N8O2. The van der Waals surface area contributed by atoms with Crippen molar-refractivity contribution in [1.82, 2.24) is 39.7 Å². The van der Waals surface area contributed by atoms with Crippen LogP contribution in [0, 0.1) is 0 Å². The van der Waals surface area contributed by atoms with Crippen molar-refractivity contribution in [3.63, 3.8) is 0 Å². The molecule has 1 N–H and O–H groups in total. The molecule has 1 aliphatic rings. The van der Waals surface area contributed by atoms with Crippen molar-refractivity contribution >= 4 is 11.9 Å². The Morgan fingerprint density at radius 3 is 2.69 bits per heavy atom. The predicted octanol–water partition coefficient (Wildman–Crippen LogP) is 0.891. The molecule has 0 aliphatic carbocycles. The van der Waals surface area contributed by atoms with Crippen LogP contribution in [0.3, 0.4) is 0 Å². The summed E-state index contributed by atoms with van der Waals surface area (Å²) in [6, 6.07) is 9.15. The van der Waals surface area contributed by atoms with Crippen LogP contribution in [0.4, 0.5) is 4.79 Å². The van der Waals surface area contributed by atoms with Crippen molar-refractivity contribution < 1.29 is 9.59 Å². The minimum absolute atomic E-state index is 0.0136. The van der Waals surface area contributed by atoms with E-state index in [1.54, 1.807) is 53.2 Å². The van der Waals surface area contributed by atoms with Crippen LogP contribution in [0.5, 0.6) is 0 Å². The second-order valence-corrected chi connectivity index (χ2v) is 7.05. The van der Waals surface area contributed by atoms with Crippen molar-refractivity contribution in [3.05, 3.63) is 59.9 Å². The van der Waals surface area contributed by atoms with Gasteiger partial charge in [0, 0.05) is 31.9 Å². The standard InChI is InChI=1S/C19H22N8O2/c1-24(2)19(29)25-6-7-27-17(11-25)9-15(23-27)10-20-18(28)14-4-3-5-16(8-14)26-12-21-22-13-26/h3-5,8-9,12-13H,6-7,10-11H2,1-2H3,(H,20,28). The van der Waals surface area contributed by atoms with E-state index in [4.69, 9.17) is 0 Å². The van der Waals surface area contributed by atoms with Gasteiger partial charge in [-0.2, -0.15) is 5.10 Å². The van der Waals surface area contributed by atoms with E-state index in [1.807, 2.05) is 22.9 Å². The third-order valence-electron chi connectivity index (χ3n) is 4.76. The molecule has 0 fully saturated rings. The molecule has 4 rings (SSSR count). The van der Waals surface area contributed by atoms with Gasteiger partial charge in [0.2, 0.25) is 0 Å². The number of nitrogens with zero attached hydrogens (tertiary/aromatic N) is 7. The lowest BCUT2D eigenvalue weighted by atomic mass is 10.2. The molecule has 0 bridgehead atoms. The molecule has 10 nitrogen and oxygen atoms in total. The van der Waals surface area contributed by atoms with Crippen LogP contribution in [-0.2, 0) is 19.6 Å². The smallest absolute Gasteiger partial charge is 0.319 e. The normalized spacial score (nSPS) is 13.1. The minimum Gasteiger partial charge on any atom is -0.346 e. The highest BCUT2D eigenvalue weighted by Crippen LogP contribution is 2.15. The summed E-state index contributed by atoms with van der Waals surface area (Å²) < 4.78 is 3.63. The van der Waals surface area contributed by atoms with Gasteiger partial charge in [-0.15, -0.1) is 10.2 Å². The van der Waals surface area contributed by atoms with Crippen LogP contribution < -0.4 is 5.32 Å². The fourth-order valence-electron chi connectivity index (χ4n) is 3.27. The number of urea groups is 1. The molecule has 0 saturated carbocycles. The van der Waals surface area contributed by atoms with Gasteiger partial charge >= 0.3 is 6.03 Å². The lowest BCUT2D eigenvalue weighted by Crippen LogP contribution is -2.43. The van der Waals surface area contributed by atoms with E-state index in [0.29, 0.717) is 31.7 Å². The van der Waals surface area contributed by atoms with Crippen LogP contribution in [0.2, 0.25) is 0 Å². The molecule has 1 aromatic carbocycles. The third-order valence-corrected chi connectivity index (χ3v) is 4.76. The van der Waals surface area contributed by atoms with Crippen LogP contribution in [-0.4, -0.2) is 66.9 Å². The molecule has 0 spiro atoms. The van der Waals surface area contributed by atoms with Crippen LogP contribution in [0.25, 0.3) is 5.69 Å². The van der Waals surface area contributed by atoms with Gasteiger partial charge in [0.25, 0.3) is 5.91 Å². The second-order valence-electron chi connectivity index (χ2n) is 7.05. The second kappa shape index (κ2) is 7.74. The Bertz CT molecular complexity index is 1020. The lowest BCUT2D eigenvalue weighted by molar-refractivity contribution is 0.0950. The van der Waals surface area contributed by atoms with Crippen molar-refractivity contribution in [2.24, 2.45) is 0 Å². The Labute approximate surface area is 167 Å². The number of rotatable bonds is 4. The Hall–Kier alpha value is -3.69. The molecule has 0 unspecified atom stereocenters. The number of amides is 3. The summed E-state index contributed by atoms with van der Waals surface area (Å²) in [6.45, 7) is 2.09. The van der Waals surface area contributed by atoms with Gasteiger partial charge in [-0.25, -0.2) is 4.79 Å². The average molecular weight is 394 g/mol. The number of hydrogen-bond donors (Lipinski definition) is 1. The Morgan fingerprint density at radius 1 is 1.14 bits per heavy atom.